The molecule has 1 aromatic heterocycles. The van der Waals surface area contributed by atoms with Gasteiger partial charge in [-0.25, -0.2) is 4.39 Å². The monoisotopic (exact) mass is 367 g/mol. The Bertz CT molecular complexity index is 919. The van der Waals surface area contributed by atoms with Crippen molar-refractivity contribution >= 4 is 5.91 Å². The molecule has 0 unspecified atom stereocenters. The van der Waals surface area contributed by atoms with Gasteiger partial charge < -0.3 is 9.42 Å². The Balaban J connectivity index is 1.70. The first-order valence-electron chi connectivity index (χ1n) is 8.90. The van der Waals surface area contributed by atoms with E-state index >= 15 is 0 Å². The predicted octanol–water partition coefficient (Wildman–Crippen LogP) is 4.28. The van der Waals surface area contributed by atoms with Crippen molar-refractivity contribution in [3.63, 3.8) is 0 Å². The Labute approximate surface area is 157 Å². The highest BCUT2D eigenvalue weighted by Crippen LogP contribution is 2.17. The maximum atomic E-state index is 13.4. The second kappa shape index (κ2) is 8.12. The molecule has 0 spiro atoms. The molecule has 3 rings (SSSR count). The van der Waals surface area contributed by atoms with E-state index in [4.69, 9.17) is 4.52 Å². The lowest BCUT2D eigenvalue weighted by Crippen LogP contribution is -2.38. The number of benzene rings is 2. The van der Waals surface area contributed by atoms with Gasteiger partial charge in [-0.1, -0.05) is 41.1 Å². The lowest BCUT2D eigenvalue weighted by atomic mass is 10.1. The fraction of sp³-hybridized carbons (Fsp3) is 0.286. The molecule has 0 radical (unpaired) electrons. The first-order valence-corrected chi connectivity index (χ1v) is 8.90. The maximum Gasteiger partial charge on any atom is 0.254 e. The van der Waals surface area contributed by atoms with E-state index in [9.17, 15) is 9.18 Å². The van der Waals surface area contributed by atoms with Crippen molar-refractivity contribution in [3.05, 3.63) is 71.4 Å². The van der Waals surface area contributed by atoms with Gasteiger partial charge in [0.2, 0.25) is 11.7 Å². The molecule has 0 aliphatic rings. The molecule has 1 heterocycles. The molecule has 0 N–H and O–H groups in total. The topological polar surface area (TPSA) is 59.2 Å². The standard InChI is InChI=1S/C21H22FN3O2/c1-14(2)25(21(26)17-5-4-6-18(22)13-17)12-11-19-23-20(24-27-19)16-9-7-15(3)8-10-16/h4-10,13-14H,11-12H2,1-3H3. The highest BCUT2D eigenvalue weighted by atomic mass is 19.1. The van der Waals surface area contributed by atoms with Crippen LogP contribution in [0.25, 0.3) is 11.4 Å². The molecule has 0 fully saturated rings. The van der Waals surface area contributed by atoms with Crippen molar-refractivity contribution < 1.29 is 13.7 Å². The van der Waals surface area contributed by atoms with Crippen LogP contribution in [-0.4, -0.2) is 33.5 Å². The number of aromatic nitrogens is 2. The Kier molecular flexibility index (Phi) is 5.64. The molecule has 5 nitrogen and oxygen atoms in total. The third-order valence-corrected chi connectivity index (χ3v) is 4.30. The Morgan fingerprint density at radius 3 is 2.59 bits per heavy atom. The van der Waals surface area contributed by atoms with Crippen LogP contribution in [0.15, 0.2) is 53.1 Å². The number of halogens is 1. The van der Waals surface area contributed by atoms with Crippen molar-refractivity contribution in [1.82, 2.24) is 15.0 Å². The van der Waals surface area contributed by atoms with Crippen LogP contribution in [0.1, 0.15) is 35.7 Å². The quantitative estimate of drug-likeness (QED) is 0.653. The highest BCUT2D eigenvalue weighted by Gasteiger charge is 2.20. The van der Waals surface area contributed by atoms with Gasteiger partial charge >= 0.3 is 0 Å². The third-order valence-electron chi connectivity index (χ3n) is 4.30. The van der Waals surface area contributed by atoms with E-state index in [1.165, 1.54) is 18.2 Å². The van der Waals surface area contributed by atoms with Gasteiger partial charge in [-0.2, -0.15) is 4.98 Å². The molecule has 140 valence electrons. The van der Waals surface area contributed by atoms with Crippen molar-refractivity contribution in [2.24, 2.45) is 0 Å². The number of hydrogen-bond donors (Lipinski definition) is 0. The van der Waals surface area contributed by atoms with Gasteiger partial charge in [0.1, 0.15) is 5.82 Å². The van der Waals surface area contributed by atoms with E-state index < -0.39 is 5.82 Å². The maximum absolute atomic E-state index is 13.4. The molecular weight excluding hydrogens is 345 g/mol. The molecule has 1 amide bonds. The van der Waals surface area contributed by atoms with E-state index in [1.807, 2.05) is 45.0 Å². The van der Waals surface area contributed by atoms with Gasteiger partial charge in [0, 0.05) is 30.1 Å². The molecular formula is C21H22FN3O2. The second-order valence-corrected chi connectivity index (χ2v) is 6.73. The number of carbonyl (C=O) groups excluding carboxylic acids is 1. The van der Waals surface area contributed by atoms with E-state index in [0.717, 1.165) is 11.1 Å². The predicted molar refractivity (Wildman–Crippen MR) is 101 cm³/mol. The lowest BCUT2D eigenvalue weighted by Gasteiger charge is -2.26. The van der Waals surface area contributed by atoms with Gasteiger partial charge in [0.05, 0.1) is 0 Å². The minimum atomic E-state index is -0.427. The average molecular weight is 367 g/mol. The molecule has 6 heteroatoms. The van der Waals surface area contributed by atoms with Gasteiger partial charge in [-0.3, -0.25) is 4.79 Å². The molecule has 3 aromatic rings. The number of amides is 1. The summed E-state index contributed by atoms with van der Waals surface area (Å²) in [6.07, 6.45) is 0.429. The Hall–Kier alpha value is -3.02. The molecule has 0 aliphatic heterocycles. The highest BCUT2D eigenvalue weighted by molar-refractivity contribution is 5.94. The van der Waals surface area contributed by atoms with Crippen molar-refractivity contribution in [1.29, 1.82) is 0 Å². The fourth-order valence-electron chi connectivity index (χ4n) is 2.77. The number of carbonyl (C=O) groups is 1. The molecule has 0 saturated carbocycles. The summed E-state index contributed by atoms with van der Waals surface area (Å²) in [6, 6.07) is 13.5. The number of hydrogen-bond acceptors (Lipinski definition) is 4. The SMILES string of the molecule is Cc1ccc(-c2noc(CCN(C(=O)c3cccc(F)c3)C(C)C)n2)cc1. The van der Waals surface area contributed by atoms with Gasteiger partial charge in [-0.15, -0.1) is 0 Å². The molecule has 0 aliphatic carbocycles. The third kappa shape index (κ3) is 4.58. The summed E-state index contributed by atoms with van der Waals surface area (Å²) in [7, 11) is 0. The van der Waals surface area contributed by atoms with Crippen LogP contribution in [-0.2, 0) is 6.42 Å². The summed E-state index contributed by atoms with van der Waals surface area (Å²) in [5.41, 5.74) is 2.37. The summed E-state index contributed by atoms with van der Waals surface area (Å²) in [6.45, 7) is 6.26. The minimum Gasteiger partial charge on any atom is -0.339 e. The summed E-state index contributed by atoms with van der Waals surface area (Å²) in [5.74, 6) is 0.341. The summed E-state index contributed by atoms with van der Waals surface area (Å²) in [5, 5.41) is 4.01. The van der Waals surface area contributed by atoms with Gasteiger partial charge in [0.25, 0.3) is 5.91 Å². The first-order chi connectivity index (χ1) is 12.9. The summed E-state index contributed by atoms with van der Waals surface area (Å²) >= 11 is 0. The van der Waals surface area contributed by atoms with E-state index in [0.29, 0.717) is 30.2 Å². The zero-order valence-corrected chi connectivity index (χ0v) is 15.6. The Morgan fingerprint density at radius 1 is 1.19 bits per heavy atom. The van der Waals surface area contributed by atoms with E-state index in [2.05, 4.69) is 10.1 Å². The zero-order valence-electron chi connectivity index (χ0n) is 15.6. The fourth-order valence-corrected chi connectivity index (χ4v) is 2.77. The average Bonchev–Trinajstić information content (AvgIpc) is 3.11. The number of nitrogens with zero attached hydrogens (tertiary/aromatic N) is 3. The molecule has 0 bridgehead atoms. The molecule has 0 atom stereocenters. The van der Waals surface area contributed by atoms with Gasteiger partial charge in [0.15, 0.2) is 0 Å². The lowest BCUT2D eigenvalue weighted by molar-refractivity contribution is 0.0703. The largest absolute Gasteiger partial charge is 0.339 e. The van der Waals surface area contributed by atoms with Crippen LogP contribution in [0, 0.1) is 12.7 Å². The van der Waals surface area contributed by atoms with Gasteiger partial charge in [-0.05, 0) is 39.0 Å². The van der Waals surface area contributed by atoms with Crippen LogP contribution in [0.5, 0.6) is 0 Å². The Morgan fingerprint density at radius 2 is 1.93 bits per heavy atom. The van der Waals surface area contributed by atoms with Crippen LogP contribution in [0.2, 0.25) is 0 Å². The molecule has 0 saturated heterocycles. The second-order valence-electron chi connectivity index (χ2n) is 6.73. The van der Waals surface area contributed by atoms with Crippen LogP contribution < -0.4 is 0 Å². The first kappa shape index (κ1) is 18.8. The summed E-state index contributed by atoms with van der Waals surface area (Å²) < 4.78 is 18.8. The number of rotatable bonds is 6. The van der Waals surface area contributed by atoms with Crippen LogP contribution in [0.4, 0.5) is 4.39 Å². The summed E-state index contributed by atoms with van der Waals surface area (Å²) in [4.78, 5) is 18.8. The van der Waals surface area contributed by atoms with Crippen LogP contribution >= 0.6 is 0 Å². The van der Waals surface area contributed by atoms with Crippen molar-refractivity contribution in [2.75, 3.05) is 6.54 Å². The van der Waals surface area contributed by atoms with Crippen molar-refractivity contribution in [3.8, 4) is 11.4 Å². The van der Waals surface area contributed by atoms with E-state index in [1.54, 1.807) is 11.0 Å². The minimum absolute atomic E-state index is 0.0414. The molecule has 2 aromatic carbocycles. The van der Waals surface area contributed by atoms with Crippen molar-refractivity contribution in [2.45, 2.75) is 33.2 Å². The van der Waals surface area contributed by atoms with Crippen LogP contribution in [0.3, 0.4) is 0 Å². The van der Waals surface area contributed by atoms with E-state index in [-0.39, 0.29) is 11.9 Å². The normalized spacial score (nSPS) is 11.0. The molecule has 27 heavy (non-hydrogen) atoms. The zero-order chi connectivity index (χ0) is 19.4. The smallest absolute Gasteiger partial charge is 0.254 e. The number of aryl methyl sites for hydroxylation is 1.